The van der Waals surface area contributed by atoms with E-state index in [-0.39, 0.29) is 5.91 Å². The van der Waals surface area contributed by atoms with E-state index in [0.29, 0.717) is 25.3 Å². The van der Waals surface area contributed by atoms with Crippen LogP contribution in [0.1, 0.15) is 37.2 Å². The summed E-state index contributed by atoms with van der Waals surface area (Å²) in [6.45, 7) is 2.84. The number of amides is 1. The molecule has 2 heterocycles. The van der Waals surface area contributed by atoms with Crippen molar-refractivity contribution in [3.63, 3.8) is 0 Å². The van der Waals surface area contributed by atoms with Crippen molar-refractivity contribution >= 4 is 5.91 Å². The van der Waals surface area contributed by atoms with Gasteiger partial charge in [0.1, 0.15) is 0 Å². The second-order valence-electron chi connectivity index (χ2n) is 6.50. The zero-order valence-corrected chi connectivity index (χ0v) is 12.7. The van der Waals surface area contributed by atoms with Crippen molar-refractivity contribution in [1.29, 1.82) is 0 Å². The molecule has 5 heteroatoms. The van der Waals surface area contributed by atoms with Crippen LogP contribution in [0.2, 0.25) is 0 Å². The number of rotatable bonds is 4. The van der Waals surface area contributed by atoms with Crippen molar-refractivity contribution in [2.24, 2.45) is 0 Å². The molecule has 0 aromatic heterocycles. The van der Waals surface area contributed by atoms with Gasteiger partial charge in [0.25, 0.3) is 0 Å². The molecule has 5 nitrogen and oxygen atoms in total. The molecule has 0 atom stereocenters. The fourth-order valence-electron chi connectivity index (χ4n) is 3.30. The third kappa shape index (κ3) is 3.04. The predicted molar refractivity (Wildman–Crippen MR) is 82.1 cm³/mol. The minimum atomic E-state index is 0.184. The van der Waals surface area contributed by atoms with E-state index in [1.54, 1.807) is 0 Å². The molecule has 1 aromatic rings. The Balaban J connectivity index is 1.30. The Bertz CT molecular complexity index is 563. The first-order valence-electron chi connectivity index (χ1n) is 8.19. The first kappa shape index (κ1) is 13.9. The molecule has 1 N–H and O–H groups in total. The number of hydrogen-bond acceptors (Lipinski definition) is 4. The largest absolute Gasteiger partial charge is 0.454 e. The van der Waals surface area contributed by atoms with Crippen LogP contribution in [-0.4, -0.2) is 43.3 Å². The topological polar surface area (TPSA) is 50.8 Å². The van der Waals surface area contributed by atoms with E-state index in [1.807, 2.05) is 6.07 Å². The zero-order chi connectivity index (χ0) is 14.9. The molecule has 0 spiro atoms. The number of likely N-dealkylation sites (tertiary alicyclic amines) is 1. The Morgan fingerprint density at radius 3 is 2.68 bits per heavy atom. The number of fused-ring (bicyclic) bond motifs is 1. The Morgan fingerprint density at radius 1 is 1.14 bits per heavy atom. The summed E-state index contributed by atoms with van der Waals surface area (Å²) in [5.74, 6) is 2.45. The summed E-state index contributed by atoms with van der Waals surface area (Å²) in [5, 5.41) is 3.06. The second kappa shape index (κ2) is 5.80. The Labute approximate surface area is 130 Å². The number of nitrogens with zero attached hydrogens (tertiary/aromatic N) is 1. The quantitative estimate of drug-likeness (QED) is 0.922. The van der Waals surface area contributed by atoms with Gasteiger partial charge in [0, 0.05) is 6.04 Å². The number of ether oxygens (including phenoxy) is 2. The van der Waals surface area contributed by atoms with Crippen LogP contribution in [0.15, 0.2) is 18.2 Å². The van der Waals surface area contributed by atoms with E-state index in [0.717, 1.165) is 50.3 Å². The molecule has 22 heavy (non-hydrogen) atoms. The van der Waals surface area contributed by atoms with E-state index in [2.05, 4.69) is 22.3 Å². The molecule has 1 amide bonds. The van der Waals surface area contributed by atoms with Crippen LogP contribution in [0.5, 0.6) is 11.5 Å². The molecule has 2 fully saturated rings. The van der Waals surface area contributed by atoms with Gasteiger partial charge in [0.2, 0.25) is 12.7 Å². The number of carbonyl (C=O) groups excluding carboxylic acids is 1. The molecule has 2 aliphatic heterocycles. The highest BCUT2D eigenvalue weighted by Gasteiger charge is 2.26. The molecule has 118 valence electrons. The molecule has 0 bridgehead atoms. The van der Waals surface area contributed by atoms with Gasteiger partial charge in [-0.15, -0.1) is 0 Å². The standard InChI is InChI=1S/C17H22N2O3/c20-17(18-14-2-3-14)10-19-7-5-12(6-8-19)13-1-4-15-16(9-13)22-11-21-15/h1,4,9,12,14H,2-3,5-8,10-11H2,(H,18,20). The predicted octanol–water partition coefficient (Wildman–Crippen LogP) is 1.87. The minimum absolute atomic E-state index is 0.184. The molecule has 3 aliphatic rings. The summed E-state index contributed by atoms with van der Waals surface area (Å²) in [7, 11) is 0. The monoisotopic (exact) mass is 302 g/mol. The van der Waals surface area contributed by atoms with Crippen LogP contribution in [0, 0.1) is 0 Å². The Hall–Kier alpha value is -1.75. The summed E-state index contributed by atoms with van der Waals surface area (Å²) in [4.78, 5) is 14.1. The molecule has 1 saturated carbocycles. The number of hydrogen-bond donors (Lipinski definition) is 1. The van der Waals surface area contributed by atoms with Crippen LogP contribution in [0.4, 0.5) is 0 Å². The van der Waals surface area contributed by atoms with Gasteiger partial charge >= 0.3 is 0 Å². The lowest BCUT2D eigenvalue weighted by atomic mass is 9.89. The van der Waals surface area contributed by atoms with E-state index in [9.17, 15) is 4.79 Å². The van der Waals surface area contributed by atoms with Crippen molar-refractivity contribution < 1.29 is 14.3 Å². The maximum atomic E-state index is 11.9. The lowest BCUT2D eigenvalue weighted by Crippen LogP contribution is -2.41. The maximum absolute atomic E-state index is 11.9. The van der Waals surface area contributed by atoms with Crippen LogP contribution in [-0.2, 0) is 4.79 Å². The number of benzene rings is 1. The maximum Gasteiger partial charge on any atom is 0.234 e. The van der Waals surface area contributed by atoms with Crippen LogP contribution in [0.3, 0.4) is 0 Å². The third-order valence-corrected chi connectivity index (χ3v) is 4.77. The van der Waals surface area contributed by atoms with Crippen molar-refractivity contribution in [3.05, 3.63) is 23.8 Å². The lowest BCUT2D eigenvalue weighted by molar-refractivity contribution is -0.122. The first-order valence-corrected chi connectivity index (χ1v) is 8.19. The van der Waals surface area contributed by atoms with E-state index in [4.69, 9.17) is 9.47 Å². The summed E-state index contributed by atoms with van der Waals surface area (Å²) in [6, 6.07) is 6.72. The van der Waals surface area contributed by atoms with Crippen LogP contribution >= 0.6 is 0 Å². The highest BCUT2D eigenvalue weighted by atomic mass is 16.7. The van der Waals surface area contributed by atoms with Gasteiger partial charge < -0.3 is 14.8 Å². The summed E-state index contributed by atoms with van der Waals surface area (Å²) in [6.07, 6.45) is 4.49. The van der Waals surface area contributed by atoms with Crippen molar-refractivity contribution in [1.82, 2.24) is 10.2 Å². The Morgan fingerprint density at radius 2 is 1.91 bits per heavy atom. The van der Waals surface area contributed by atoms with Crippen molar-refractivity contribution in [2.45, 2.75) is 37.6 Å². The molecule has 1 saturated heterocycles. The highest BCUT2D eigenvalue weighted by Crippen LogP contribution is 2.37. The van der Waals surface area contributed by atoms with Gasteiger partial charge in [0.05, 0.1) is 6.54 Å². The molecular formula is C17H22N2O3. The molecule has 0 unspecified atom stereocenters. The van der Waals surface area contributed by atoms with Crippen molar-refractivity contribution in [2.75, 3.05) is 26.4 Å². The van der Waals surface area contributed by atoms with Gasteiger partial charge in [-0.05, 0) is 62.4 Å². The summed E-state index contributed by atoms with van der Waals surface area (Å²) >= 11 is 0. The molecule has 0 radical (unpaired) electrons. The second-order valence-corrected chi connectivity index (χ2v) is 6.50. The lowest BCUT2D eigenvalue weighted by Gasteiger charge is -2.31. The van der Waals surface area contributed by atoms with Crippen molar-refractivity contribution in [3.8, 4) is 11.5 Å². The van der Waals surface area contributed by atoms with E-state index >= 15 is 0 Å². The summed E-state index contributed by atoms with van der Waals surface area (Å²) < 4.78 is 10.8. The van der Waals surface area contributed by atoms with Crippen LogP contribution < -0.4 is 14.8 Å². The van der Waals surface area contributed by atoms with Gasteiger partial charge in [-0.3, -0.25) is 9.69 Å². The Kier molecular flexibility index (Phi) is 3.66. The number of carbonyl (C=O) groups is 1. The minimum Gasteiger partial charge on any atom is -0.454 e. The average molecular weight is 302 g/mol. The molecule has 1 aromatic carbocycles. The fraction of sp³-hybridized carbons (Fsp3) is 0.588. The van der Waals surface area contributed by atoms with Gasteiger partial charge in [-0.1, -0.05) is 6.07 Å². The van der Waals surface area contributed by atoms with Gasteiger partial charge in [0.15, 0.2) is 11.5 Å². The van der Waals surface area contributed by atoms with Gasteiger partial charge in [-0.2, -0.15) is 0 Å². The third-order valence-electron chi connectivity index (χ3n) is 4.77. The highest BCUT2D eigenvalue weighted by molar-refractivity contribution is 5.78. The van der Waals surface area contributed by atoms with Gasteiger partial charge in [-0.25, -0.2) is 0 Å². The number of nitrogens with one attached hydrogen (secondary N) is 1. The van der Waals surface area contributed by atoms with E-state index in [1.165, 1.54) is 5.56 Å². The van der Waals surface area contributed by atoms with Crippen LogP contribution in [0.25, 0.3) is 0 Å². The molecule has 4 rings (SSSR count). The number of piperidine rings is 1. The SMILES string of the molecule is O=C(CN1CCC(c2ccc3c(c2)OCO3)CC1)NC1CC1. The smallest absolute Gasteiger partial charge is 0.234 e. The van der Waals surface area contributed by atoms with E-state index < -0.39 is 0 Å². The average Bonchev–Trinajstić information content (AvgIpc) is 3.21. The molecule has 1 aliphatic carbocycles. The molecular weight excluding hydrogens is 280 g/mol. The first-order chi connectivity index (χ1) is 10.8. The fourth-order valence-corrected chi connectivity index (χ4v) is 3.30. The zero-order valence-electron chi connectivity index (χ0n) is 12.7. The summed E-state index contributed by atoms with van der Waals surface area (Å²) in [5.41, 5.74) is 1.33. The normalized spacial score (nSPS) is 21.8.